The molecule has 2 aromatic rings. The monoisotopic (exact) mass is 375 g/mol. The number of primary sulfonamides is 1. The van der Waals surface area contributed by atoms with E-state index in [0.717, 1.165) is 15.7 Å². The summed E-state index contributed by atoms with van der Waals surface area (Å²) in [6.07, 6.45) is 0. The van der Waals surface area contributed by atoms with Gasteiger partial charge < -0.3 is 0 Å². The Morgan fingerprint density at radius 2 is 1.95 bits per heavy atom. The lowest BCUT2D eigenvalue weighted by molar-refractivity contribution is 0.520. The number of hydrogen-bond acceptors (Lipinski definition) is 3. The SMILES string of the molecule is Cc1nn(C(C)CS(N)(=O)=O)c(-c2ccc(F)cc2)c1Br. The highest BCUT2D eigenvalue weighted by molar-refractivity contribution is 9.10. The minimum absolute atomic E-state index is 0.227. The zero-order valence-corrected chi connectivity index (χ0v) is 13.9. The van der Waals surface area contributed by atoms with E-state index in [1.54, 1.807) is 30.7 Å². The fourth-order valence-electron chi connectivity index (χ4n) is 2.12. The van der Waals surface area contributed by atoms with Gasteiger partial charge in [0.15, 0.2) is 0 Å². The number of nitrogens with zero attached hydrogens (tertiary/aromatic N) is 2. The van der Waals surface area contributed by atoms with Crippen LogP contribution in [-0.2, 0) is 10.0 Å². The van der Waals surface area contributed by atoms with Gasteiger partial charge in [-0.15, -0.1) is 0 Å². The largest absolute Gasteiger partial charge is 0.260 e. The molecule has 114 valence electrons. The summed E-state index contributed by atoms with van der Waals surface area (Å²) in [5.41, 5.74) is 2.16. The summed E-state index contributed by atoms with van der Waals surface area (Å²) >= 11 is 3.45. The average molecular weight is 376 g/mol. The number of sulfonamides is 1. The van der Waals surface area contributed by atoms with Crippen LogP contribution in [0.1, 0.15) is 18.7 Å². The Balaban J connectivity index is 2.53. The molecule has 0 saturated carbocycles. The number of aryl methyl sites for hydroxylation is 1. The summed E-state index contributed by atoms with van der Waals surface area (Å²) in [5.74, 6) is -0.565. The second-order valence-corrected chi connectivity index (χ2v) is 7.33. The van der Waals surface area contributed by atoms with Gasteiger partial charge in [-0.05, 0) is 54.0 Å². The van der Waals surface area contributed by atoms with E-state index in [0.29, 0.717) is 5.69 Å². The smallest absolute Gasteiger partial charge is 0.211 e. The lowest BCUT2D eigenvalue weighted by Gasteiger charge is -2.15. The second kappa shape index (κ2) is 5.86. The van der Waals surface area contributed by atoms with Crippen LogP contribution in [0.2, 0.25) is 0 Å². The Hall–Kier alpha value is -1.25. The number of aromatic nitrogens is 2. The molecule has 8 heteroatoms. The predicted octanol–water partition coefficient (Wildman–Crippen LogP) is 2.61. The highest BCUT2D eigenvalue weighted by Gasteiger charge is 2.21. The van der Waals surface area contributed by atoms with Crippen LogP contribution < -0.4 is 5.14 Å². The molecule has 0 spiro atoms. The van der Waals surface area contributed by atoms with Crippen molar-refractivity contribution < 1.29 is 12.8 Å². The normalized spacial score (nSPS) is 13.4. The van der Waals surface area contributed by atoms with Gasteiger partial charge in [-0.1, -0.05) is 0 Å². The van der Waals surface area contributed by atoms with Crippen LogP contribution in [0, 0.1) is 12.7 Å². The van der Waals surface area contributed by atoms with Gasteiger partial charge in [0.2, 0.25) is 10.0 Å². The highest BCUT2D eigenvalue weighted by Crippen LogP contribution is 2.33. The van der Waals surface area contributed by atoms with Gasteiger partial charge in [0, 0.05) is 5.56 Å². The maximum absolute atomic E-state index is 13.1. The standard InChI is InChI=1S/C13H15BrFN3O2S/c1-8(7-21(16,19)20)18-13(12(14)9(2)17-18)10-3-5-11(15)6-4-10/h3-6,8H,7H2,1-2H3,(H2,16,19,20). The third kappa shape index (κ3) is 3.69. The predicted molar refractivity (Wildman–Crippen MR) is 82.7 cm³/mol. The van der Waals surface area contributed by atoms with E-state index in [2.05, 4.69) is 21.0 Å². The number of benzene rings is 1. The molecule has 1 atom stereocenters. The van der Waals surface area contributed by atoms with Crippen molar-refractivity contribution in [1.82, 2.24) is 9.78 Å². The van der Waals surface area contributed by atoms with Crippen LogP contribution in [-0.4, -0.2) is 24.0 Å². The molecule has 5 nitrogen and oxygen atoms in total. The molecule has 0 aliphatic heterocycles. The van der Waals surface area contributed by atoms with Crippen molar-refractivity contribution in [2.24, 2.45) is 5.14 Å². The molecule has 1 aromatic heterocycles. The molecule has 2 rings (SSSR count). The van der Waals surface area contributed by atoms with Crippen LogP contribution in [0.4, 0.5) is 4.39 Å². The van der Waals surface area contributed by atoms with Gasteiger partial charge in [0.25, 0.3) is 0 Å². The number of rotatable bonds is 4. The van der Waals surface area contributed by atoms with Crippen molar-refractivity contribution >= 4 is 26.0 Å². The van der Waals surface area contributed by atoms with Crippen LogP contribution in [0.15, 0.2) is 28.7 Å². The highest BCUT2D eigenvalue weighted by atomic mass is 79.9. The maximum atomic E-state index is 13.1. The van der Waals surface area contributed by atoms with Crippen molar-refractivity contribution in [2.75, 3.05) is 5.75 Å². The summed E-state index contributed by atoms with van der Waals surface area (Å²) in [5, 5.41) is 9.45. The molecule has 0 bridgehead atoms. The first-order valence-corrected chi connectivity index (χ1v) is 8.71. The Morgan fingerprint density at radius 3 is 2.48 bits per heavy atom. The number of hydrogen-bond donors (Lipinski definition) is 1. The Labute approximate surface area is 131 Å². The topological polar surface area (TPSA) is 78.0 Å². The number of nitrogens with two attached hydrogens (primary N) is 1. The van der Waals surface area contributed by atoms with E-state index in [-0.39, 0.29) is 11.6 Å². The second-order valence-electron chi connectivity index (χ2n) is 4.88. The van der Waals surface area contributed by atoms with Crippen LogP contribution in [0.3, 0.4) is 0 Å². The molecule has 0 radical (unpaired) electrons. The molecular formula is C13H15BrFN3O2S. The van der Waals surface area contributed by atoms with Crippen LogP contribution >= 0.6 is 15.9 Å². The van der Waals surface area contributed by atoms with Gasteiger partial charge in [-0.25, -0.2) is 17.9 Å². The Bertz CT molecular complexity index is 756. The zero-order chi connectivity index (χ0) is 15.8. The third-order valence-electron chi connectivity index (χ3n) is 3.02. The van der Waals surface area contributed by atoms with Gasteiger partial charge in [-0.2, -0.15) is 5.10 Å². The van der Waals surface area contributed by atoms with E-state index in [1.807, 2.05) is 0 Å². The molecule has 21 heavy (non-hydrogen) atoms. The Kier molecular flexibility index (Phi) is 4.50. The molecule has 0 fully saturated rings. The fourth-order valence-corrected chi connectivity index (χ4v) is 3.42. The fraction of sp³-hybridized carbons (Fsp3) is 0.308. The Morgan fingerprint density at radius 1 is 1.38 bits per heavy atom. The van der Waals surface area contributed by atoms with E-state index >= 15 is 0 Å². The minimum atomic E-state index is -3.62. The van der Waals surface area contributed by atoms with Gasteiger partial charge >= 0.3 is 0 Å². The molecule has 2 N–H and O–H groups in total. The van der Waals surface area contributed by atoms with Gasteiger partial charge in [-0.3, -0.25) is 4.68 Å². The van der Waals surface area contributed by atoms with E-state index in [9.17, 15) is 12.8 Å². The van der Waals surface area contributed by atoms with Crippen molar-refractivity contribution in [2.45, 2.75) is 19.9 Å². The molecule has 0 saturated heterocycles. The summed E-state index contributed by atoms with van der Waals surface area (Å²) in [6.45, 7) is 3.52. The molecule has 0 amide bonds. The van der Waals surface area contributed by atoms with Crippen LogP contribution in [0.25, 0.3) is 11.3 Å². The number of halogens is 2. The van der Waals surface area contributed by atoms with E-state index in [1.165, 1.54) is 12.1 Å². The first-order valence-electron chi connectivity index (χ1n) is 6.20. The molecule has 1 unspecified atom stereocenters. The summed E-state index contributed by atoms with van der Waals surface area (Å²) < 4.78 is 37.9. The van der Waals surface area contributed by atoms with E-state index < -0.39 is 16.1 Å². The first kappa shape index (κ1) is 16.1. The summed E-state index contributed by atoms with van der Waals surface area (Å²) in [4.78, 5) is 0. The molecule has 1 heterocycles. The first-order chi connectivity index (χ1) is 9.69. The lowest BCUT2D eigenvalue weighted by Crippen LogP contribution is -2.24. The average Bonchev–Trinajstić information content (AvgIpc) is 2.65. The van der Waals surface area contributed by atoms with Gasteiger partial charge in [0.05, 0.1) is 27.7 Å². The molecular weight excluding hydrogens is 361 g/mol. The molecule has 0 aliphatic carbocycles. The molecule has 0 aliphatic rings. The third-order valence-corrected chi connectivity index (χ3v) is 4.92. The maximum Gasteiger partial charge on any atom is 0.211 e. The van der Waals surface area contributed by atoms with Crippen LogP contribution in [0.5, 0.6) is 0 Å². The zero-order valence-electron chi connectivity index (χ0n) is 11.5. The lowest BCUT2D eigenvalue weighted by atomic mass is 10.1. The van der Waals surface area contributed by atoms with Crippen molar-refractivity contribution in [3.63, 3.8) is 0 Å². The van der Waals surface area contributed by atoms with Gasteiger partial charge in [0.1, 0.15) is 5.82 Å². The van der Waals surface area contributed by atoms with Crippen molar-refractivity contribution in [3.05, 3.63) is 40.2 Å². The van der Waals surface area contributed by atoms with Crippen molar-refractivity contribution in [3.8, 4) is 11.3 Å². The minimum Gasteiger partial charge on any atom is -0.260 e. The van der Waals surface area contributed by atoms with E-state index in [4.69, 9.17) is 5.14 Å². The van der Waals surface area contributed by atoms with Crippen molar-refractivity contribution in [1.29, 1.82) is 0 Å². The quantitative estimate of drug-likeness (QED) is 0.891. The summed E-state index contributed by atoms with van der Waals surface area (Å²) in [7, 11) is -3.62. The summed E-state index contributed by atoms with van der Waals surface area (Å²) in [6, 6.07) is 5.50. The molecule has 1 aromatic carbocycles.